The lowest BCUT2D eigenvalue weighted by Gasteiger charge is -2.08. The Kier molecular flexibility index (Phi) is 3.99. The number of benzene rings is 1. The third-order valence-electron chi connectivity index (χ3n) is 1.84. The number of hydrogen-bond acceptors (Lipinski definition) is 6. The van der Waals surface area contributed by atoms with E-state index in [1.807, 2.05) is 0 Å². The molecule has 9 heteroatoms. The molecule has 0 aliphatic rings. The van der Waals surface area contributed by atoms with E-state index >= 15 is 0 Å². The van der Waals surface area contributed by atoms with Crippen molar-refractivity contribution in [3.05, 3.63) is 28.3 Å². The number of non-ortho nitro benzene ring substituents is 1. The molecule has 94 valence electrons. The molecule has 0 saturated carbocycles. The molecule has 0 bridgehead atoms. The summed E-state index contributed by atoms with van der Waals surface area (Å²) >= 11 is 0. The second-order valence-electron chi connectivity index (χ2n) is 2.88. The molecule has 0 fully saturated rings. The van der Waals surface area contributed by atoms with Crippen LogP contribution in [0.3, 0.4) is 0 Å². The summed E-state index contributed by atoms with van der Waals surface area (Å²) in [4.78, 5) is 15.5. The van der Waals surface area contributed by atoms with Crippen LogP contribution in [0.15, 0.2) is 23.1 Å². The summed E-state index contributed by atoms with van der Waals surface area (Å²) in [7, 11) is -1.64. The molecule has 0 saturated heterocycles. The van der Waals surface area contributed by atoms with Crippen LogP contribution in [0.2, 0.25) is 0 Å². The van der Waals surface area contributed by atoms with Crippen molar-refractivity contribution >= 4 is 15.7 Å². The molecule has 0 radical (unpaired) electrons. The van der Waals surface area contributed by atoms with Crippen LogP contribution in [-0.4, -0.2) is 27.6 Å². The SMILES string of the molecule is CONS(=O)(=O)c1cc([N+](=O)[O-])ccc1OC. The van der Waals surface area contributed by atoms with Gasteiger partial charge >= 0.3 is 0 Å². The van der Waals surface area contributed by atoms with Gasteiger partial charge in [-0.3, -0.25) is 15.0 Å². The molecule has 0 aromatic heterocycles. The fourth-order valence-corrected chi connectivity index (χ4v) is 2.14. The predicted octanol–water partition coefficient (Wildman–Crippen LogP) is 0.443. The van der Waals surface area contributed by atoms with E-state index in [9.17, 15) is 18.5 Å². The lowest BCUT2D eigenvalue weighted by Crippen LogP contribution is -2.23. The standard InChI is InChI=1S/C8H10N2O6S/c1-15-7-4-3-6(10(11)12)5-8(7)17(13,14)9-16-2/h3-5,9H,1-2H3. The van der Waals surface area contributed by atoms with E-state index in [4.69, 9.17) is 4.74 Å². The molecule has 1 aromatic rings. The van der Waals surface area contributed by atoms with Gasteiger partial charge in [-0.2, -0.15) is 0 Å². The quantitative estimate of drug-likeness (QED) is 0.609. The van der Waals surface area contributed by atoms with Crippen molar-refractivity contribution < 1.29 is 22.9 Å². The normalized spacial score (nSPS) is 11.2. The van der Waals surface area contributed by atoms with Crippen LogP contribution in [0.25, 0.3) is 0 Å². The van der Waals surface area contributed by atoms with Gasteiger partial charge in [0.2, 0.25) is 0 Å². The predicted molar refractivity (Wildman–Crippen MR) is 57.0 cm³/mol. The molecular weight excluding hydrogens is 252 g/mol. The highest BCUT2D eigenvalue weighted by Crippen LogP contribution is 2.27. The second kappa shape index (κ2) is 5.08. The van der Waals surface area contributed by atoms with Gasteiger partial charge in [-0.05, 0) is 6.07 Å². The first-order chi connectivity index (χ1) is 7.92. The Bertz CT molecular complexity index is 527. The first-order valence-corrected chi connectivity index (χ1v) is 5.78. The van der Waals surface area contributed by atoms with Gasteiger partial charge in [-0.15, -0.1) is 0 Å². The van der Waals surface area contributed by atoms with Crippen molar-refractivity contribution in [1.82, 2.24) is 4.89 Å². The van der Waals surface area contributed by atoms with Gasteiger partial charge in [0, 0.05) is 12.1 Å². The number of ether oxygens (including phenoxy) is 1. The van der Waals surface area contributed by atoms with Crippen molar-refractivity contribution in [2.24, 2.45) is 0 Å². The van der Waals surface area contributed by atoms with Gasteiger partial charge < -0.3 is 4.74 Å². The third-order valence-corrected chi connectivity index (χ3v) is 3.12. The number of nitro groups is 1. The van der Waals surface area contributed by atoms with E-state index in [0.717, 1.165) is 19.2 Å². The molecule has 17 heavy (non-hydrogen) atoms. The number of nitro benzene ring substituents is 1. The van der Waals surface area contributed by atoms with E-state index in [2.05, 4.69) is 4.84 Å². The number of sulfonamides is 1. The minimum Gasteiger partial charge on any atom is -0.495 e. The zero-order chi connectivity index (χ0) is 13.1. The van der Waals surface area contributed by atoms with Crippen molar-refractivity contribution in [2.45, 2.75) is 4.90 Å². The summed E-state index contributed by atoms with van der Waals surface area (Å²) in [5.41, 5.74) is -0.359. The van der Waals surface area contributed by atoms with Crippen LogP contribution in [0.1, 0.15) is 0 Å². The molecule has 0 spiro atoms. The van der Waals surface area contributed by atoms with E-state index in [1.165, 1.54) is 13.2 Å². The minimum absolute atomic E-state index is 0.0137. The Balaban J connectivity index is 3.38. The molecule has 0 aliphatic carbocycles. The molecule has 0 atom stereocenters. The second-order valence-corrected chi connectivity index (χ2v) is 4.50. The van der Waals surface area contributed by atoms with Crippen LogP contribution in [0.5, 0.6) is 5.75 Å². The van der Waals surface area contributed by atoms with Crippen molar-refractivity contribution in [1.29, 1.82) is 0 Å². The Morgan fingerprint density at radius 1 is 1.35 bits per heavy atom. The summed E-state index contributed by atoms with van der Waals surface area (Å²) in [6.45, 7) is 0. The van der Waals surface area contributed by atoms with Crippen molar-refractivity contribution in [2.75, 3.05) is 14.2 Å². The summed E-state index contributed by atoms with van der Waals surface area (Å²) in [6, 6.07) is 3.23. The largest absolute Gasteiger partial charge is 0.495 e. The minimum atomic E-state index is -4.01. The lowest BCUT2D eigenvalue weighted by atomic mass is 10.3. The van der Waals surface area contributed by atoms with Gasteiger partial charge in [0.15, 0.2) is 0 Å². The summed E-state index contributed by atoms with van der Waals surface area (Å²) < 4.78 is 28.1. The fraction of sp³-hybridized carbons (Fsp3) is 0.250. The van der Waals surface area contributed by atoms with Crippen LogP contribution in [-0.2, 0) is 14.9 Å². The van der Waals surface area contributed by atoms with E-state index in [-0.39, 0.29) is 16.3 Å². The van der Waals surface area contributed by atoms with Crippen LogP contribution in [0, 0.1) is 10.1 Å². The lowest BCUT2D eigenvalue weighted by molar-refractivity contribution is -0.385. The molecule has 0 unspecified atom stereocenters. The number of rotatable bonds is 5. The number of methoxy groups -OCH3 is 1. The first kappa shape index (κ1) is 13.4. The van der Waals surface area contributed by atoms with Crippen LogP contribution in [0.4, 0.5) is 5.69 Å². The Labute approximate surface area is 97.3 Å². The van der Waals surface area contributed by atoms with Crippen molar-refractivity contribution in [3.8, 4) is 5.75 Å². The molecule has 1 rings (SSSR count). The first-order valence-electron chi connectivity index (χ1n) is 4.29. The highest BCUT2D eigenvalue weighted by Gasteiger charge is 2.22. The smallest absolute Gasteiger partial charge is 0.271 e. The highest BCUT2D eigenvalue weighted by atomic mass is 32.2. The van der Waals surface area contributed by atoms with Gasteiger partial charge in [-0.1, -0.05) is 4.89 Å². The number of hydrogen-bond donors (Lipinski definition) is 1. The zero-order valence-electron chi connectivity index (χ0n) is 9.04. The summed E-state index contributed by atoms with van der Waals surface area (Å²) in [5, 5.41) is 10.6. The van der Waals surface area contributed by atoms with Gasteiger partial charge in [0.05, 0.1) is 19.1 Å². The van der Waals surface area contributed by atoms with Gasteiger partial charge in [0.1, 0.15) is 10.6 Å². The average molecular weight is 262 g/mol. The van der Waals surface area contributed by atoms with Gasteiger partial charge in [-0.25, -0.2) is 8.42 Å². The summed E-state index contributed by atoms with van der Waals surface area (Å²) in [5.74, 6) is -0.0137. The molecule has 1 aromatic carbocycles. The Morgan fingerprint density at radius 2 is 2.00 bits per heavy atom. The molecule has 1 N–H and O–H groups in total. The monoisotopic (exact) mass is 262 g/mol. The van der Waals surface area contributed by atoms with Crippen LogP contribution < -0.4 is 9.62 Å². The van der Waals surface area contributed by atoms with Crippen molar-refractivity contribution in [3.63, 3.8) is 0 Å². The fourth-order valence-electron chi connectivity index (χ4n) is 1.14. The maximum Gasteiger partial charge on any atom is 0.271 e. The highest BCUT2D eigenvalue weighted by molar-refractivity contribution is 7.89. The topological polar surface area (TPSA) is 108 Å². The maximum atomic E-state index is 11.6. The summed E-state index contributed by atoms with van der Waals surface area (Å²) in [6.07, 6.45) is 0. The molecule has 0 amide bonds. The van der Waals surface area contributed by atoms with E-state index in [1.54, 1.807) is 4.89 Å². The molecule has 0 heterocycles. The van der Waals surface area contributed by atoms with E-state index in [0.29, 0.717) is 0 Å². The number of nitrogens with one attached hydrogen (secondary N) is 1. The molecular formula is C8H10N2O6S. The molecule has 0 aliphatic heterocycles. The number of nitrogens with zero attached hydrogens (tertiary/aromatic N) is 1. The molecule has 8 nitrogen and oxygen atoms in total. The maximum absolute atomic E-state index is 11.6. The van der Waals surface area contributed by atoms with E-state index < -0.39 is 14.9 Å². The van der Waals surface area contributed by atoms with Gasteiger partial charge in [0.25, 0.3) is 15.7 Å². The third kappa shape index (κ3) is 2.90. The Hall–Kier alpha value is -1.71. The average Bonchev–Trinajstić information content (AvgIpc) is 2.28. The Morgan fingerprint density at radius 3 is 2.47 bits per heavy atom. The van der Waals surface area contributed by atoms with Crippen LogP contribution >= 0.6 is 0 Å². The zero-order valence-corrected chi connectivity index (χ0v) is 9.85.